The molecule has 0 bridgehead atoms. The van der Waals surface area contributed by atoms with Crippen molar-refractivity contribution in [1.29, 1.82) is 0 Å². The summed E-state index contributed by atoms with van der Waals surface area (Å²) in [5.41, 5.74) is 10.0. The van der Waals surface area contributed by atoms with E-state index >= 15 is 0 Å². The van der Waals surface area contributed by atoms with Crippen molar-refractivity contribution in [3.8, 4) is 0 Å². The highest BCUT2D eigenvalue weighted by molar-refractivity contribution is 6.06. The van der Waals surface area contributed by atoms with Crippen LogP contribution in [-0.2, 0) is 24.4 Å². The number of hydrazine groups is 1. The van der Waals surface area contributed by atoms with Crippen LogP contribution in [0.4, 0.5) is 18.9 Å². The zero-order valence-electron chi connectivity index (χ0n) is 25.2. The zero-order chi connectivity index (χ0) is 31.1. The Bertz CT molecular complexity index is 1430. The van der Waals surface area contributed by atoms with Crippen LogP contribution in [0.2, 0.25) is 0 Å². The molecule has 0 unspecified atom stereocenters. The van der Waals surface area contributed by atoms with E-state index in [0.717, 1.165) is 48.8 Å². The number of nitrogens with zero attached hydrogens (tertiary/aromatic N) is 4. The highest BCUT2D eigenvalue weighted by Gasteiger charge is 2.31. The van der Waals surface area contributed by atoms with Gasteiger partial charge in [-0.2, -0.15) is 18.3 Å². The highest BCUT2D eigenvalue weighted by atomic mass is 19.4. The largest absolute Gasteiger partial charge is 0.416 e. The quantitative estimate of drug-likeness (QED) is 0.250. The van der Waals surface area contributed by atoms with Gasteiger partial charge in [0.1, 0.15) is 0 Å². The smallest absolute Gasteiger partial charge is 0.397 e. The highest BCUT2D eigenvalue weighted by Crippen LogP contribution is 2.33. The molecule has 11 heteroatoms. The second kappa shape index (κ2) is 14.1. The van der Waals surface area contributed by atoms with E-state index < -0.39 is 17.6 Å². The number of nitrogens with two attached hydrogens (primary N) is 2. The lowest BCUT2D eigenvalue weighted by Gasteiger charge is -2.26. The fraction of sp³-hybridized carbons (Fsp3) is 0.438. The number of halogens is 3. The number of benzene rings is 1. The summed E-state index contributed by atoms with van der Waals surface area (Å²) in [4.78, 5) is 15.8. The standard InChI is InChI=1S/C32H42F3N7O/c1-4-24-10-6-7-11-25(18-30(24)42(37)21-29(36)28-20-38-40(3)22(28)2)31(43)39-27-17-23(16-26(19-27)32(33,34)35)12-15-41-13-8-5-9-14-41/h10-11,16-21H,4-9,12-15,36-37H2,1-3H3,(H,39,43)/b24-10?,25-11+,29-21-,30-18+. The van der Waals surface area contributed by atoms with E-state index in [9.17, 15) is 18.0 Å². The normalized spacial score (nSPS) is 19.4. The number of anilines is 1. The van der Waals surface area contributed by atoms with Gasteiger partial charge in [0, 0.05) is 42.3 Å². The van der Waals surface area contributed by atoms with Gasteiger partial charge in [0.25, 0.3) is 5.91 Å². The first-order valence-electron chi connectivity index (χ1n) is 14.8. The average molecular weight is 598 g/mol. The molecule has 2 aliphatic rings. The van der Waals surface area contributed by atoms with Crippen molar-refractivity contribution < 1.29 is 18.0 Å². The summed E-state index contributed by atoms with van der Waals surface area (Å²) in [6.45, 7) is 6.49. The van der Waals surface area contributed by atoms with Gasteiger partial charge in [-0.15, -0.1) is 0 Å². The number of rotatable bonds is 9. The van der Waals surface area contributed by atoms with Gasteiger partial charge in [-0.3, -0.25) is 14.5 Å². The first-order chi connectivity index (χ1) is 20.5. The number of piperidine rings is 1. The van der Waals surface area contributed by atoms with Gasteiger partial charge in [-0.05, 0) is 93.9 Å². The van der Waals surface area contributed by atoms with Crippen molar-refractivity contribution >= 4 is 17.3 Å². The van der Waals surface area contributed by atoms with E-state index in [-0.39, 0.29) is 5.69 Å². The molecular formula is C32H42F3N7O. The van der Waals surface area contributed by atoms with E-state index in [0.29, 0.717) is 54.8 Å². The number of carbonyl (C=O) groups is 1. The lowest BCUT2D eigenvalue weighted by Crippen LogP contribution is -2.31. The Morgan fingerprint density at radius 2 is 1.86 bits per heavy atom. The van der Waals surface area contributed by atoms with Crippen LogP contribution in [0, 0.1) is 6.92 Å². The van der Waals surface area contributed by atoms with Crippen LogP contribution in [0.25, 0.3) is 5.70 Å². The number of carbonyl (C=O) groups excluding carboxylic acids is 1. The molecule has 0 radical (unpaired) electrons. The molecule has 5 N–H and O–H groups in total. The van der Waals surface area contributed by atoms with Crippen molar-refractivity contribution in [3.05, 3.63) is 88.1 Å². The topological polar surface area (TPSA) is 105 Å². The van der Waals surface area contributed by atoms with Gasteiger partial charge in [0.15, 0.2) is 0 Å². The molecular weight excluding hydrogens is 555 g/mol. The van der Waals surface area contributed by atoms with Crippen LogP contribution >= 0.6 is 0 Å². The Kier molecular flexibility index (Phi) is 10.5. The van der Waals surface area contributed by atoms with Gasteiger partial charge in [0.05, 0.1) is 23.2 Å². The number of aryl methyl sites for hydroxylation is 1. The van der Waals surface area contributed by atoms with Crippen LogP contribution < -0.4 is 16.9 Å². The Labute approximate surface area is 251 Å². The van der Waals surface area contributed by atoms with Crippen molar-refractivity contribution in [3.63, 3.8) is 0 Å². The van der Waals surface area contributed by atoms with Crippen LogP contribution in [0.3, 0.4) is 0 Å². The number of nitrogens with one attached hydrogen (secondary N) is 1. The van der Waals surface area contributed by atoms with Gasteiger partial charge in [-0.25, -0.2) is 5.84 Å². The van der Waals surface area contributed by atoms with Crippen LogP contribution in [0.5, 0.6) is 0 Å². The van der Waals surface area contributed by atoms with E-state index in [1.165, 1.54) is 17.5 Å². The molecule has 4 rings (SSSR count). The molecule has 2 aromatic rings. The van der Waals surface area contributed by atoms with Gasteiger partial charge in [0.2, 0.25) is 0 Å². The third kappa shape index (κ3) is 8.39. The number of alkyl halides is 3. The van der Waals surface area contributed by atoms with Crippen molar-refractivity contribution in [2.45, 2.75) is 65.0 Å². The molecule has 0 saturated carbocycles. The number of aromatic nitrogens is 2. The van der Waals surface area contributed by atoms with Gasteiger partial charge in [-0.1, -0.05) is 25.5 Å². The van der Waals surface area contributed by atoms with Crippen molar-refractivity contribution in [2.75, 3.05) is 25.0 Å². The minimum Gasteiger partial charge on any atom is -0.397 e. The molecule has 1 amide bonds. The molecule has 232 valence electrons. The molecule has 1 aromatic heterocycles. The van der Waals surface area contributed by atoms with Crippen molar-refractivity contribution in [1.82, 2.24) is 19.7 Å². The molecule has 1 aromatic carbocycles. The second-order valence-corrected chi connectivity index (χ2v) is 11.1. The number of hydrogen-bond acceptors (Lipinski definition) is 6. The minimum absolute atomic E-state index is 0.110. The number of amides is 1. The zero-order valence-corrected chi connectivity index (χ0v) is 25.2. The van der Waals surface area contributed by atoms with Crippen LogP contribution in [0.1, 0.15) is 67.8 Å². The van der Waals surface area contributed by atoms with E-state index in [1.807, 2.05) is 20.9 Å². The molecule has 1 aliphatic heterocycles. The van der Waals surface area contributed by atoms with E-state index in [2.05, 4.69) is 21.4 Å². The molecule has 8 nitrogen and oxygen atoms in total. The molecule has 1 aliphatic carbocycles. The second-order valence-electron chi connectivity index (χ2n) is 11.1. The van der Waals surface area contributed by atoms with Crippen molar-refractivity contribution in [2.24, 2.45) is 18.6 Å². The summed E-state index contributed by atoms with van der Waals surface area (Å²) >= 11 is 0. The minimum atomic E-state index is -4.53. The number of likely N-dealkylation sites (tertiary alicyclic amines) is 1. The summed E-state index contributed by atoms with van der Waals surface area (Å²) in [5.74, 6) is 5.97. The summed E-state index contributed by atoms with van der Waals surface area (Å²) in [6.07, 6.45) is 10.0. The first kappa shape index (κ1) is 32.1. The lowest BCUT2D eigenvalue weighted by atomic mass is 9.99. The average Bonchev–Trinajstić information content (AvgIpc) is 3.29. The predicted octanol–water partition coefficient (Wildman–Crippen LogP) is 5.79. The van der Waals surface area contributed by atoms with Crippen LogP contribution in [-0.4, -0.2) is 45.2 Å². The monoisotopic (exact) mass is 597 g/mol. The third-order valence-electron chi connectivity index (χ3n) is 8.03. The number of allylic oxidation sites excluding steroid dienone is 3. The molecule has 2 heterocycles. The van der Waals surface area contributed by atoms with E-state index in [1.54, 1.807) is 35.3 Å². The summed E-state index contributed by atoms with van der Waals surface area (Å²) in [6, 6.07) is 3.80. The molecule has 43 heavy (non-hydrogen) atoms. The fourth-order valence-electron chi connectivity index (χ4n) is 5.44. The summed E-state index contributed by atoms with van der Waals surface area (Å²) < 4.78 is 43.2. The molecule has 1 fully saturated rings. The Morgan fingerprint density at radius 1 is 1.14 bits per heavy atom. The Morgan fingerprint density at radius 3 is 2.51 bits per heavy atom. The van der Waals surface area contributed by atoms with Gasteiger partial charge >= 0.3 is 6.18 Å². The maximum absolute atomic E-state index is 13.8. The fourth-order valence-corrected chi connectivity index (χ4v) is 5.44. The van der Waals surface area contributed by atoms with Gasteiger partial charge < -0.3 is 16.0 Å². The maximum atomic E-state index is 13.8. The van der Waals surface area contributed by atoms with E-state index in [4.69, 9.17) is 11.6 Å². The SMILES string of the molecule is CCC1=CCC/C=C(C(=O)Nc2cc(CCN3CCCCC3)cc(C(F)(F)F)c2)\C=C/1N(N)/C=C(\N)c1cnn(C)c1C. The lowest BCUT2D eigenvalue weighted by molar-refractivity contribution is -0.137. The molecule has 1 saturated heterocycles. The molecule has 0 spiro atoms. The Balaban J connectivity index is 1.60. The predicted molar refractivity (Wildman–Crippen MR) is 164 cm³/mol. The number of hydrogen-bond donors (Lipinski definition) is 3. The first-order valence-corrected chi connectivity index (χ1v) is 14.8. The summed E-state index contributed by atoms with van der Waals surface area (Å²) in [5, 5.41) is 8.34. The molecule has 0 atom stereocenters. The third-order valence-corrected chi connectivity index (χ3v) is 8.03. The summed E-state index contributed by atoms with van der Waals surface area (Å²) in [7, 11) is 1.82. The maximum Gasteiger partial charge on any atom is 0.416 e. The van der Waals surface area contributed by atoms with Crippen LogP contribution in [0.15, 0.2) is 65.7 Å². The Hall–Kier alpha value is -3.83.